The summed E-state index contributed by atoms with van der Waals surface area (Å²) in [5.41, 5.74) is 1.03. The van der Waals surface area contributed by atoms with E-state index in [9.17, 15) is 9.59 Å². The smallest absolute Gasteiger partial charge is 0.246 e. The molecular formula is C19H28N2O5. The van der Waals surface area contributed by atoms with E-state index < -0.39 is 6.04 Å². The second kappa shape index (κ2) is 10.9. The summed E-state index contributed by atoms with van der Waals surface area (Å²) in [6.07, 6.45) is 0.493. The van der Waals surface area contributed by atoms with Crippen LogP contribution in [-0.2, 0) is 30.2 Å². The van der Waals surface area contributed by atoms with Gasteiger partial charge in [0.15, 0.2) is 0 Å². The summed E-state index contributed by atoms with van der Waals surface area (Å²) in [4.78, 5) is 28.8. The molecule has 1 aliphatic heterocycles. The van der Waals surface area contributed by atoms with Gasteiger partial charge in [-0.05, 0) is 5.56 Å². The number of ether oxygens (including phenoxy) is 3. The summed E-state index contributed by atoms with van der Waals surface area (Å²) in [5, 5.41) is 0. The number of carbonyl (C=O) groups excluding carboxylic acids is 2. The lowest BCUT2D eigenvalue weighted by Gasteiger charge is -2.40. The Morgan fingerprint density at radius 2 is 1.69 bits per heavy atom. The molecule has 1 aromatic carbocycles. The standard InChI is InChI=1S/C19H28N2O5/c1-24-10-8-20-15-18(22)21(9-11-26-13-12-25-2)17(19(20)23)14-16-6-4-3-5-7-16/h3-7,17H,8-15H2,1-2H3/t17-/m1/s1. The molecule has 7 heteroatoms. The van der Waals surface area contributed by atoms with E-state index in [0.717, 1.165) is 5.56 Å². The van der Waals surface area contributed by atoms with Gasteiger partial charge in [-0.1, -0.05) is 30.3 Å². The van der Waals surface area contributed by atoms with E-state index in [2.05, 4.69) is 0 Å². The Kier molecular flexibility index (Phi) is 8.53. The van der Waals surface area contributed by atoms with Crippen LogP contribution < -0.4 is 0 Å². The number of rotatable bonds is 11. The van der Waals surface area contributed by atoms with E-state index in [1.54, 1.807) is 24.0 Å². The fraction of sp³-hybridized carbons (Fsp3) is 0.579. The molecule has 0 bridgehead atoms. The van der Waals surface area contributed by atoms with E-state index >= 15 is 0 Å². The lowest BCUT2D eigenvalue weighted by Crippen LogP contribution is -2.61. The van der Waals surface area contributed by atoms with Gasteiger partial charge in [-0.15, -0.1) is 0 Å². The quantitative estimate of drug-likeness (QED) is 0.537. The maximum atomic E-state index is 12.9. The van der Waals surface area contributed by atoms with Crippen LogP contribution in [0.2, 0.25) is 0 Å². The summed E-state index contributed by atoms with van der Waals surface area (Å²) in [7, 11) is 3.20. The molecule has 0 aliphatic carbocycles. The average molecular weight is 364 g/mol. The lowest BCUT2D eigenvalue weighted by atomic mass is 10.0. The molecule has 2 rings (SSSR count). The number of hydrogen-bond acceptors (Lipinski definition) is 5. The summed E-state index contributed by atoms with van der Waals surface area (Å²) in [6, 6.07) is 9.24. The second-order valence-electron chi connectivity index (χ2n) is 6.15. The first-order valence-electron chi connectivity index (χ1n) is 8.85. The SMILES string of the molecule is COCCOCCN1C(=O)CN(CCOC)C(=O)[C@H]1Cc1ccccc1. The fourth-order valence-corrected chi connectivity index (χ4v) is 2.96. The molecule has 0 spiro atoms. The molecule has 0 unspecified atom stereocenters. The number of hydrogen-bond donors (Lipinski definition) is 0. The van der Waals surface area contributed by atoms with Crippen LogP contribution in [0.1, 0.15) is 5.56 Å². The minimum Gasteiger partial charge on any atom is -0.383 e. The van der Waals surface area contributed by atoms with Crippen molar-refractivity contribution in [2.75, 3.05) is 60.3 Å². The van der Waals surface area contributed by atoms with Gasteiger partial charge in [0.25, 0.3) is 0 Å². The Bertz CT molecular complexity index is 566. The van der Waals surface area contributed by atoms with Crippen molar-refractivity contribution in [3.63, 3.8) is 0 Å². The van der Waals surface area contributed by atoms with Crippen LogP contribution in [-0.4, -0.2) is 87.9 Å². The van der Waals surface area contributed by atoms with E-state index in [4.69, 9.17) is 14.2 Å². The predicted octanol–water partition coefficient (Wildman–Crippen LogP) is 0.578. The van der Waals surface area contributed by atoms with Crippen molar-refractivity contribution in [1.82, 2.24) is 9.80 Å². The molecule has 1 aromatic rings. The van der Waals surface area contributed by atoms with Gasteiger partial charge in [0.2, 0.25) is 11.8 Å². The van der Waals surface area contributed by atoms with Crippen LogP contribution >= 0.6 is 0 Å². The van der Waals surface area contributed by atoms with E-state index in [-0.39, 0.29) is 18.4 Å². The van der Waals surface area contributed by atoms with Crippen molar-refractivity contribution >= 4 is 11.8 Å². The molecule has 1 heterocycles. The van der Waals surface area contributed by atoms with Crippen molar-refractivity contribution in [3.05, 3.63) is 35.9 Å². The highest BCUT2D eigenvalue weighted by molar-refractivity contribution is 5.95. The first-order valence-corrected chi connectivity index (χ1v) is 8.85. The molecule has 0 aromatic heterocycles. The summed E-state index contributed by atoms with van der Waals surface area (Å²) in [6.45, 7) is 2.67. The van der Waals surface area contributed by atoms with Crippen molar-refractivity contribution < 1.29 is 23.8 Å². The largest absolute Gasteiger partial charge is 0.383 e. The zero-order chi connectivity index (χ0) is 18.8. The highest BCUT2D eigenvalue weighted by atomic mass is 16.5. The minimum atomic E-state index is -0.512. The zero-order valence-electron chi connectivity index (χ0n) is 15.6. The Morgan fingerprint density at radius 1 is 0.962 bits per heavy atom. The van der Waals surface area contributed by atoms with Gasteiger partial charge in [0.1, 0.15) is 6.04 Å². The summed E-state index contributed by atoms with van der Waals surface area (Å²) >= 11 is 0. The molecule has 1 atom stereocenters. The van der Waals surface area contributed by atoms with Crippen LogP contribution in [0.15, 0.2) is 30.3 Å². The minimum absolute atomic E-state index is 0.0394. The molecule has 1 aliphatic rings. The van der Waals surface area contributed by atoms with E-state index in [1.807, 2.05) is 30.3 Å². The van der Waals surface area contributed by atoms with Gasteiger partial charge in [0.05, 0.1) is 33.0 Å². The van der Waals surface area contributed by atoms with Gasteiger partial charge < -0.3 is 24.0 Å². The Labute approximate surface area is 154 Å². The summed E-state index contributed by atoms with van der Waals surface area (Å²) < 4.78 is 15.5. The Balaban J connectivity index is 2.06. The molecule has 1 saturated heterocycles. The van der Waals surface area contributed by atoms with Crippen molar-refractivity contribution in [1.29, 1.82) is 0 Å². The van der Waals surface area contributed by atoms with Crippen LogP contribution in [0.5, 0.6) is 0 Å². The van der Waals surface area contributed by atoms with Crippen LogP contribution in [0.3, 0.4) is 0 Å². The number of methoxy groups -OCH3 is 2. The van der Waals surface area contributed by atoms with Gasteiger partial charge in [0, 0.05) is 33.7 Å². The first-order chi connectivity index (χ1) is 12.7. The predicted molar refractivity (Wildman–Crippen MR) is 96.8 cm³/mol. The van der Waals surface area contributed by atoms with Crippen LogP contribution in [0, 0.1) is 0 Å². The third-order valence-electron chi connectivity index (χ3n) is 4.36. The molecule has 1 fully saturated rings. The van der Waals surface area contributed by atoms with Gasteiger partial charge >= 0.3 is 0 Å². The average Bonchev–Trinajstić information content (AvgIpc) is 2.66. The fourth-order valence-electron chi connectivity index (χ4n) is 2.96. The number of piperazine rings is 1. The van der Waals surface area contributed by atoms with Crippen molar-refractivity contribution in [2.24, 2.45) is 0 Å². The molecular weight excluding hydrogens is 336 g/mol. The van der Waals surface area contributed by atoms with Gasteiger partial charge in [-0.2, -0.15) is 0 Å². The van der Waals surface area contributed by atoms with Gasteiger partial charge in [-0.25, -0.2) is 0 Å². The number of carbonyl (C=O) groups is 2. The lowest BCUT2D eigenvalue weighted by molar-refractivity contribution is -0.157. The second-order valence-corrected chi connectivity index (χ2v) is 6.15. The monoisotopic (exact) mass is 364 g/mol. The molecule has 0 radical (unpaired) electrons. The maximum absolute atomic E-state index is 12.9. The van der Waals surface area contributed by atoms with Gasteiger partial charge in [-0.3, -0.25) is 9.59 Å². The first kappa shape index (κ1) is 20.4. The van der Waals surface area contributed by atoms with Crippen LogP contribution in [0.4, 0.5) is 0 Å². The molecule has 0 saturated carbocycles. The zero-order valence-corrected chi connectivity index (χ0v) is 15.6. The van der Waals surface area contributed by atoms with E-state index in [1.165, 1.54) is 0 Å². The third-order valence-corrected chi connectivity index (χ3v) is 4.36. The van der Waals surface area contributed by atoms with Crippen LogP contribution in [0.25, 0.3) is 0 Å². The topological polar surface area (TPSA) is 68.3 Å². The number of benzene rings is 1. The maximum Gasteiger partial charge on any atom is 0.246 e. The van der Waals surface area contributed by atoms with Crippen molar-refractivity contribution in [3.8, 4) is 0 Å². The molecule has 7 nitrogen and oxygen atoms in total. The highest BCUT2D eigenvalue weighted by Crippen LogP contribution is 2.17. The number of amides is 2. The third kappa shape index (κ3) is 5.79. The highest BCUT2D eigenvalue weighted by Gasteiger charge is 2.38. The normalized spacial score (nSPS) is 17.8. The molecule has 26 heavy (non-hydrogen) atoms. The summed E-state index contributed by atoms with van der Waals surface area (Å²) in [5.74, 6) is -0.0978. The van der Waals surface area contributed by atoms with E-state index in [0.29, 0.717) is 45.9 Å². The Morgan fingerprint density at radius 3 is 2.38 bits per heavy atom. The molecule has 2 amide bonds. The molecule has 0 N–H and O–H groups in total. The Hall–Kier alpha value is -1.96. The van der Waals surface area contributed by atoms with Crippen molar-refractivity contribution in [2.45, 2.75) is 12.5 Å². The number of nitrogens with zero attached hydrogens (tertiary/aromatic N) is 2. The molecule has 144 valence electrons.